The first kappa shape index (κ1) is 13.8. The van der Waals surface area contributed by atoms with Crippen LogP contribution in [-0.4, -0.2) is 29.9 Å². The smallest absolute Gasteiger partial charge is 0.351 e. The van der Waals surface area contributed by atoms with Crippen LogP contribution < -0.4 is 0 Å². The third-order valence-electron chi connectivity index (χ3n) is 3.07. The lowest BCUT2D eigenvalue weighted by Crippen LogP contribution is -2.25. The lowest BCUT2D eigenvalue weighted by atomic mass is 10.1. The van der Waals surface area contributed by atoms with Gasteiger partial charge in [-0.05, 0) is 19.9 Å². The Balaban J connectivity index is 2.67. The Morgan fingerprint density at radius 3 is 2.50 bits per heavy atom. The van der Waals surface area contributed by atoms with Crippen molar-refractivity contribution >= 4 is 17.6 Å². The summed E-state index contributed by atoms with van der Waals surface area (Å²) in [4.78, 5) is 25.6. The first-order valence-corrected chi connectivity index (χ1v) is 6.38. The van der Waals surface area contributed by atoms with Crippen molar-refractivity contribution in [3.8, 4) is 6.07 Å². The Morgan fingerprint density at radius 2 is 1.95 bits per heavy atom. The van der Waals surface area contributed by atoms with Crippen molar-refractivity contribution in [3.05, 3.63) is 41.0 Å². The number of benzene rings is 1. The molecule has 0 spiro atoms. The molecular weight excluding hydrogens is 256 g/mol. The molecule has 1 aliphatic rings. The number of esters is 1. The highest BCUT2D eigenvalue weighted by Gasteiger charge is 2.35. The van der Waals surface area contributed by atoms with Crippen LogP contribution in [-0.2, 0) is 9.53 Å². The number of fused-ring (bicyclic) bond motifs is 1. The molecule has 102 valence electrons. The zero-order valence-corrected chi connectivity index (χ0v) is 11.3. The molecule has 0 N–H and O–H groups in total. The Kier molecular flexibility index (Phi) is 3.85. The van der Waals surface area contributed by atoms with Gasteiger partial charge in [0.15, 0.2) is 5.57 Å². The summed E-state index contributed by atoms with van der Waals surface area (Å²) in [6.45, 7) is 4.03. The van der Waals surface area contributed by atoms with Crippen LogP contribution in [0.15, 0.2) is 29.8 Å². The number of carbonyl (C=O) groups excluding carboxylic acids is 2. The average Bonchev–Trinajstić information content (AvgIpc) is 2.74. The molecule has 20 heavy (non-hydrogen) atoms. The van der Waals surface area contributed by atoms with Gasteiger partial charge in [-0.15, -0.1) is 0 Å². The van der Waals surface area contributed by atoms with Crippen molar-refractivity contribution in [2.24, 2.45) is 0 Å². The molecule has 1 amide bonds. The summed E-state index contributed by atoms with van der Waals surface area (Å²) < 4.78 is 4.89. The van der Waals surface area contributed by atoms with Crippen molar-refractivity contribution in [1.82, 2.24) is 4.90 Å². The van der Waals surface area contributed by atoms with Gasteiger partial charge in [-0.25, -0.2) is 4.79 Å². The van der Waals surface area contributed by atoms with E-state index in [1.54, 1.807) is 38.1 Å². The third-order valence-corrected chi connectivity index (χ3v) is 3.07. The van der Waals surface area contributed by atoms with E-state index in [4.69, 9.17) is 4.74 Å². The molecule has 0 bridgehead atoms. The summed E-state index contributed by atoms with van der Waals surface area (Å²) in [5, 5.41) is 9.26. The quantitative estimate of drug-likeness (QED) is 0.478. The van der Waals surface area contributed by atoms with Gasteiger partial charge in [0.25, 0.3) is 5.91 Å². The number of amides is 1. The number of ether oxygens (including phenoxy) is 1. The highest BCUT2D eigenvalue weighted by molar-refractivity contribution is 6.14. The maximum atomic E-state index is 12.3. The molecule has 0 aliphatic carbocycles. The fourth-order valence-electron chi connectivity index (χ4n) is 2.24. The summed E-state index contributed by atoms with van der Waals surface area (Å²) in [6.07, 6.45) is 0. The molecule has 1 aromatic carbocycles. The average molecular weight is 270 g/mol. The summed E-state index contributed by atoms with van der Waals surface area (Å²) in [7, 11) is 0. The molecular formula is C15H14N2O3. The minimum Gasteiger partial charge on any atom is -0.462 e. The largest absolute Gasteiger partial charge is 0.462 e. The second kappa shape index (κ2) is 5.57. The van der Waals surface area contributed by atoms with E-state index in [-0.39, 0.29) is 18.1 Å². The van der Waals surface area contributed by atoms with Crippen LogP contribution in [0.25, 0.3) is 5.70 Å². The fraction of sp³-hybridized carbons (Fsp3) is 0.267. The topological polar surface area (TPSA) is 70.4 Å². The maximum Gasteiger partial charge on any atom is 0.351 e. The SMILES string of the molecule is CCOC(=O)/C(C#N)=C1/c2ccccc2C(=O)N1CC. The van der Waals surface area contributed by atoms with E-state index < -0.39 is 5.97 Å². The second-order valence-electron chi connectivity index (χ2n) is 4.15. The maximum absolute atomic E-state index is 12.3. The predicted molar refractivity (Wildman–Crippen MR) is 72.3 cm³/mol. The van der Waals surface area contributed by atoms with Crippen LogP contribution >= 0.6 is 0 Å². The highest BCUT2D eigenvalue weighted by atomic mass is 16.5. The Bertz CT molecular complexity index is 641. The molecule has 1 heterocycles. The number of hydrogen-bond donors (Lipinski definition) is 0. The molecule has 0 saturated carbocycles. The van der Waals surface area contributed by atoms with E-state index in [0.717, 1.165) is 0 Å². The predicted octanol–water partition coefficient (Wildman–Crippen LogP) is 1.96. The Morgan fingerprint density at radius 1 is 1.30 bits per heavy atom. The Hall–Kier alpha value is -2.61. The van der Waals surface area contributed by atoms with Crippen LogP contribution in [0.5, 0.6) is 0 Å². The van der Waals surface area contributed by atoms with Gasteiger partial charge in [-0.1, -0.05) is 18.2 Å². The normalized spacial score (nSPS) is 15.7. The Labute approximate surface area is 117 Å². The van der Waals surface area contributed by atoms with Crippen molar-refractivity contribution in [3.63, 3.8) is 0 Å². The third kappa shape index (κ3) is 2.05. The van der Waals surface area contributed by atoms with E-state index in [0.29, 0.717) is 23.4 Å². The van der Waals surface area contributed by atoms with Gasteiger partial charge in [0.1, 0.15) is 6.07 Å². The molecule has 0 atom stereocenters. The van der Waals surface area contributed by atoms with E-state index in [1.807, 2.05) is 6.07 Å². The van der Waals surface area contributed by atoms with Crippen molar-refractivity contribution in [2.75, 3.05) is 13.2 Å². The standard InChI is InChI=1S/C15H14N2O3/c1-3-17-13(12(9-16)15(19)20-4-2)10-7-5-6-8-11(10)14(17)18/h5-8H,3-4H2,1-2H3/b13-12-. The molecule has 5 heteroatoms. The minimum atomic E-state index is -0.701. The molecule has 1 aliphatic heterocycles. The van der Waals surface area contributed by atoms with Gasteiger partial charge in [0.2, 0.25) is 0 Å². The van der Waals surface area contributed by atoms with Crippen molar-refractivity contribution < 1.29 is 14.3 Å². The number of rotatable bonds is 3. The lowest BCUT2D eigenvalue weighted by Gasteiger charge is -2.16. The van der Waals surface area contributed by atoms with Crippen LogP contribution in [0, 0.1) is 11.3 Å². The minimum absolute atomic E-state index is 0.132. The molecule has 0 aromatic heterocycles. The monoisotopic (exact) mass is 270 g/mol. The lowest BCUT2D eigenvalue weighted by molar-refractivity contribution is -0.137. The van der Waals surface area contributed by atoms with Crippen molar-refractivity contribution in [1.29, 1.82) is 5.26 Å². The van der Waals surface area contributed by atoms with Crippen LogP contribution in [0.1, 0.15) is 29.8 Å². The van der Waals surface area contributed by atoms with Gasteiger partial charge >= 0.3 is 5.97 Å². The molecule has 5 nitrogen and oxygen atoms in total. The van der Waals surface area contributed by atoms with Gasteiger partial charge in [0, 0.05) is 17.7 Å². The number of nitrogens with zero attached hydrogens (tertiary/aromatic N) is 2. The number of nitriles is 1. The summed E-state index contributed by atoms with van der Waals surface area (Å²) >= 11 is 0. The van der Waals surface area contributed by atoms with Gasteiger partial charge in [-0.2, -0.15) is 5.26 Å². The fourth-order valence-corrected chi connectivity index (χ4v) is 2.24. The first-order chi connectivity index (χ1) is 9.65. The van der Waals surface area contributed by atoms with E-state index in [1.165, 1.54) is 4.90 Å². The number of hydrogen-bond acceptors (Lipinski definition) is 4. The summed E-state index contributed by atoms with van der Waals surface area (Å²) in [5.41, 5.74) is 1.31. The zero-order chi connectivity index (χ0) is 14.7. The highest BCUT2D eigenvalue weighted by Crippen LogP contribution is 2.34. The molecule has 0 radical (unpaired) electrons. The van der Waals surface area contributed by atoms with Crippen molar-refractivity contribution in [2.45, 2.75) is 13.8 Å². The second-order valence-corrected chi connectivity index (χ2v) is 4.15. The van der Waals surface area contributed by atoms with E-state index >= 15 is 0 Å². The van der Waals surface area contributed by atoms with Gasteiger partial charge < -0.3 is 9.64 Å². The van der Waals surface area contributed by atoms with E-state index in [9.17, 15) is 14.9 Å². The zero-order valence-electron chi connectivity index (χ0n) is 11.3. The van der Waals surface area contributed by atoms with E-state index in [2.05, 4.69) is 0 Å². The molecule has 0 saturated heterocycles. The summed E-state index contributed by atoms with van der Waals surface area (Å²) in [6, 6.07) is 8.81. The van der Waals surface area contributed by atoms with Crippen LogP contribution in [0.4, 0.5) is 0 Å². The molecule has 0 fully saturated rings. The molecule has 0 unspecified atom stereocenters. The van der Waals surface area contributed by atoms with Gasteiger partial charge in [-0.3, -0.25) is 4.79 Å². The molecule has 2 rings (SSSR count). The number of carbonyl (C=O) groups is 2. The first-order valence-electron chi connectivity index (χ1n) is 6.38. The summed E-state index contributed by atoms with van der Waals surface area (Å²) in [5.74, 6) is -0.900. The van der Waals surface area contributed by atoms with Gasteiger partial charge in [0.05, 0.1) is 12.3 Å². The molecule has 1 aromatic rings. The van der Waals surface area contributed by atoms with Crippen LogP contribution in [0.3, 0.4) is 0 Å². The van der Waals surface area contributed by atoms with Crippen LogP contribution in [0.2, 0.25) is 0 Å².